The fourth-order valence-corrected chi connectivity index (χ4v) is 4.38. The van der Waals surface area contributed by atoms with Crippen LogP contribution in [0.2, 0.25) is 0 Å². The summed E-state index contributed by atoms with van der Waals surface area (Å²) in [5.41, 5.74) is -1.85. The van der Waals surface area contributed by atoms with Crippen molar-refractivity contribution in [1.29, 1.82) is 0 Å². The Hall–Kier alpha value is -3.47. The molecule has 35 heavy (non-hydrogen) atoms. The fraction of sp³-hybridized carbons (Fsp3) is 0.417. The standard InChI is InChI=1S/C24H25F3N4O4/c1-23(2,35)16-11-18-14(12-31(30-18)15-8-6-13(7-9-15)22(33)34)10-19(16)29-21(32)17-4-3-5-20(28-17)24(25,26)27/h3-5,10-13,15,35H,6-9H2,1-2H3,(H,29,32)(H,33,34)/t13-,15-. The van der Waals surface area contributed by atoms with Crippen LogP contribution in [-0.4, -0.2) is 36.9 Å². The Bertz CT molecular complexity index is 1270. The van der Waals surface area contributed by atoms with Gasteiger partial charge in [0.1, 0.15) is 11.4 Å². The van der Waals surface area contributed by atoms with Crippen LogP contribution in [0.5, 0.6) is 0 Å². The number of rotatable bonds is 5. The van der Waals surface area contributed by atoms with Crippen molar-refractivity contribution >= 4 is 28.5 Å². The van der Waals surface area contributed by atoms with Crippen LogP contribution in [0.15, 0.2) is 36.5 Å². The number of halogens is 3. The highest BCUT2D eigenvalue weighted by molar-refractivity contribution is 6.04. The normalized spacial score (nSPS) is 19.0. The lowest BCUT2D eigenvalue weighted by atomic mass is 9.86. The summed E-state index contributed by atoms with van der Waals surface area (Å²) < 4.78 is 40.8. The number of benzene rings is 1. The van der Waals surface area contributed by atoms with Crippen molar-refractivity contribution in [2.45, 2.75) is 57.3 Å². The van der Waals surface area contributed by atoms with Crippen molar-refractivity contribution in [3.05, 3.63) is 53.5 Å². The summed E-state index contributed by atoms with van der Waals surface area (Å²) in [6, 6.07) is 6.33. The zero-order valence-corrected chi connectivity index (χ0v) is 19.1. The Morgan fingerprint density at radius 3 is 2.40 bits per heavy atom. The molecule has 2 heterocycles. The van der Waals surface area contributed by atoms with Crippen molar-refractivity contribution in [1.82, 2.24) is 14.8 Å². The van der Waals surface area contributed by atoms with Crippen molar-refractivity contribution in [3.8, 4) is 0 Å². The lowest BCUT2D eigenvalue weighted by molar-refractivity contribution is -0.143. The molecule has 0 spiro atoms. The quantitative estimate of drug-likeness (QED) is 0.475. The fourth-order valence-electron chi connectivity index (χ4n) is 4.38. The second kappa shape index (κ2) is 8.95. The van der Waals surface area contributed by atoms with Crippen LogP contribution in [0.4, 0.5) is 18.9 Å². The molecule has 1 aliphatic rings. The van der Waals surface area contributed by atoms with Gasteiger partial charge in [-0.15, -0.1) is 0 Å². The minimum atomic E-state index is -4.69. The van der Waals surface area contributed by atoms with Crippen LogP contribution in [0.1, 0.15) is 67.3 Å². The highest BCUT2D eigenvalue weighted by atomic mass is 19.4. The molecular weight excluding hydrogens is 465 g/mol. The molecule has 3 N–H and O–H groups in total. The van der Waals surface area contributed by atoms with Crippen LogP contribution < -0.4 is 5.32 Å². The molecule has 8 nitrogen and oxygen atoms in total. The molecule has 0 bridgehead atoms. The topological polar surface area (TPSA) is 117 Å². The van der Waals surface area contributed by atoms with E-state index in [-0.39, 0.29) is 17.6 Å². The number of carbonyl (C=O) groups is 2. The monoisotopic (exact) mass is 490 g/mol. The number of hydrogen-bond donors (Lipinski definition) is 3. The van der Waals surface area contributed by atoms with Gasteiger partial charge in [0.25, 0.3) is 5.91 Å². The summed E-state index contributed by atoms with van der Waals surface area (Å²) in [5.74, 6) is -2.00. The molecule has 3 aromatic rings. The second-order valence-corrected chi connectivity index (χ2v) is 9.33. The lowest BCUT2D eigenvalue weighted by Crippen LogP contribution is -2.23. The van der Waals surface area contributed by atoms with Crippen LogP contribution in [0.3, 0.4) is 0 Å². The first kappa shape index (κ1) is 24.6. The number of amides is 1. The number of aliphatic carboxylic acids is 1. The number of aliphatic hydroxyl groups is 1. The van der Waals surface area contributed by atoms with E-state index < -0.39 is 35.0 Å². The average molecular weight is 490 g/mol. The lowest BCUT2D eigenvalue weighted by Gasteiger charge is -2.26. The third-order valence-electron chi connectivity index (χ3n) is 6.26. The molecule has 186 valence electrons. The summed E-state index contributed by atoms with van der Waals surface area (Å²) >= 11 is 0. The number of hydrogen-bond acceptors (Lipinski definition) is 5. The van der Waals surface area contributed by atoms with Gasteiger partial charge in [0.15, 0.2) is 0 Å². The zero-order chi connectivity index (χ0) is 25.5. The molecule has 1 fully saturated rings. The number of carbonyl (C=O) groups excluding carboxylic acids is 1. The minimum absolute atomic E-state index is 0.0240. The molecule has 4 rings (SSSR count). The number of aromatic nitrogens is 3. The SMILES string of the molecule is CC(C)(O)c1cc2nn([C@H]3CC[C@H](C(=O)O)CC3)cc2cc1NC(=O)c1cccc(C(F)(F)F)n1. The van der Waals surface area contributed by atoms with E-state index in [1.807, 2.05) is 0 Å². The molecule has 11 heteroatoms. The van der Waals surface area contributed by atoms with Crippen LogP contribution in [-0.2, 0) is 16.6 Å². The van der Waals surface area contributed by atoms with Crippen molar-refractivity contribution in [2.75, 3.05) is 5.32 Å². The summed E-state index contributed by atoms with van der Waals surface area (Å²) in [6.45, 7) is 3.05. The molecule has 1 aliphatic carbocycles. The first-order valence-electron chi connectivity index (χ1n) is 11.2. The Balaban J connectivity index is 1.65. The van der Waals surface area contributed by atoms with Gasteiger partial charge in [0.2, 0.25) is 0 Å². The van der Waals surface area contributed by atoms with E-state index >= 15 is 0 Å². The van der Waals surface area contributed by atoms with Gasteiger partial charge in [-0.05, 0) is 63.8 Å². The molecule has 1 aromatic carbocycles. The van der Waals surface area contributed by atoms with Gasteiger partial charge in [-0.3, -0.25) is 14.3 Å². The highest BCUT2D eigenvalue weighted by Crippen LogP contribution is 2.36. The first-order valence-corrected chi connectivity index (χ1v) is 11.2. The van der Waals surface area contributed by atoms with Gasteiger partial charge in [0, 0.05) is 22.8 Å². The summed E-state index contributed by atoms with van der Waals surface area (Å²) in [4.78, 5) is 27.4. The smallest absolute Gasteiger partial charge is 0.433 e. The minimum Gasteiger partial charge on any atom is -0.481 e. The molecule has 0 saturated heterocycles. The number of pyridine rings is 1. The number of carboxylic acid groups (broad SMARTS) is 1. The van der Waals surface area contributed by atoms with Crippen molar-refractivity contribution in [2.24, 2.45) is 5.92 Å². The summed E-state index contributed by atoms with van der Waals surface area (Å²) in [7, 11) is 0. The van der Waals surface area contributed by atoms with E-state index in [2.05, 4.69) is 15.4 Å². The maximum atomic E-state index is 13.0. The number of alkyl halides is 3. The van der Waals surface area contributed by atoms with Crippen LogP contribution in [0.25, 0.3) is 10.9 Å². The van der Waals surface area contributed by atoms with E-state index in [0.717, 1.165) is 12.1 Å². The molecule has 2 aromatic heterocycles. The Morgan fingerprint density at radius 1 is 1.11 bits per heavy atom. The van der Waals surface area contributed by atoms with Gasteiger partial charge in [-0.25, -0.2) is 4.98 Å². The van der Waals surface area contributed by atoms with Crippen molar-refractivity contribution in [3.63, 3.8) is 0 Å². The summed E-state index contributed by atoms with van der Waals surface area (Å²) in [6.07, 6.45) is -0.478. The van der Waals surface area contributed by atoms with E-state index in [4.69, 9.17) is 0 Å². The molecule has 1 saturated carbocycles. The van der Waals surface area contributed by atoms with E-state index in [1.54, 1.807) is 23.0 Å². The number of nitrogens with one attached hydrogen (secondary N) is 1. The maximum absolute atomic E-state index is 13.0. The number of fused-ring (bicyclic) bond motifs is 1. The van der Waals surface area contributed by atoms with Crippen LogP contribution >= 0.6 is 0 Å². The maximum Gasteiger partial charge on any atom is 0.433 e. The van der Waals surface area contributed by atoms with E-state index in [1.165, 1.54) is 19.9 Å². The number of anilines is 1. The molecule has 0 aliphatic heterocycles. The first-order chi connectivity index (χ1) is 16.3. The molecule has 0 radical (unpaired) electrons. The third-order valence-corrected chi connectivity index (χ3v) is 6.26. The Morgan fingerprint density at radius 2 is 1.80 bits per heavy atom. The van der Waals surface area contributed by atoms with E-state index in [0.29, 0.717) is 42.1 Å². The average Bonchev–Trinajstić information content (AvgIpc) is 3.20. The van der Waals surface area contributed by atoms with Gasteiger partial charge in [-0.2, -0.15) is 18.3 Å². The molecule has 0 atom stereocenters. The molecule has 0 unspecified atom stereocenters. The zero-order valence-electron chi connectivity index (χ0n) is 19.1. The van der Waals surface area contributed by atoms with E-state index in [9.17, 15) is 33.0 Å². The third kappa shape index (κ3) is 5.29. The highest BCUT2D eigenvalue weighted by Gasteiger charge is 2.33. The molecular formula is C24H25F3N4O4. The number of nitrogens with zero attached hydrogens (tertiary/aromatic N) is 3. The van der Waals surface area contributed by atoms with Crippen molar-refractivity contribution < 1.29 is 33.0 Å². The number of carboxylic acids is 1. The predicted octanol–water partition coefficient (Wildman–Crippen LogP) is 4.75. The van der Waals surface area contributed by atoms with Gasteiger partial charge < -0.3 is 15.5 Å². The van der Waals surface area contributed by atoms with Gasteiger partial charge in [0.05, 0.1) is 23.1 Å². The van der Waals surface area contributed by atoms with Gasteiger partial charge >= 0.3 is 12.1 Å². The Labute approximate surface area is 198 Å². The second-order valence-electron chi connectivity index (χ2n) is 9.33. The summed E-state index contributed by atoms with van der Waals surface area (Å²) in [5, 5.41) is 27.8. The Kier molecular flexibility index (Phi) is 6.31. The van der Waals surface area contributed by atoms with Crippen LogP contribution in [0, 0.1) is 5.92 Å². The largest absolute Gasteiger partial charge is 0.481 e. The predicted molar refractivity (Wildman–Crippen MR) is 121 cm³/mol. The van der Waals surface area contributed by atoms with Gasteiger partial charge in [-0.1, -0.05) is 6.07 Å². The molecule has 1 amide bonds.